The summed E-state index contributed by atoms with van der Waals surface area (Å²) in [6, 6.07) is 7.13. The zero-order chi connectivity index (χ0) is 19.5. The molecular weight excluding hydrogens is 358 g/mol. The molecule has 150 valence electrons. The van der Waals surface area contributed by atoms with E-state index in [9.17, 15) is 14.7 Å². The van der Waals surface area contributed by atoms with Gasteiger partial charge in [-0.2, -0.15) is 0 Å². The predicted molar refractivity (Wildman–Crippen MR) is 106 cm³/mol. The highest BCUT2D eigenvalue weighted by Gasteiger charge is 2.40. The van der Waals surface area contributed by atoms with Gasteiger partial charge in [-0.25, -0.2) is 0 Å². The summed E-state index contributed by atoms with van der Waals surface area (Å²) in [6.45, 7) is 3.32. The molecule has 0 aliphatic carbocycles. The van der Waals surface area contributed by atoms with Gasteiger partial charge in [-0.15, -0.1) is 0 Å². The summed E-state index contributed by atoms with van der Waals surface area (Å²) in [4.78, 5) is 27.3. The van der Waals surface area contributed by atoms with Gasteiger partial charge in [0.25, 0.3) is 11.8 Å². The van der Waals surface area contributed by atoms with Crippen LogP contribution in [0.4, 0.5) is 11.4 Å². The topological polar surface area (TPSA) is 90.9 Å². The van der Waals surface area contributed by atoms with E-state index >= 15 is 0 Å². The highest BCUT2D eigenvalue weighted by atomic mass is 16.5. The van der Waals surface area contributed by atoms with E-state index in [-0.39, 0.29) is 17.3 Å². The number of aliphatic hydroxyl groups excluding tert-OH is 1. The molecule has 1 aromatic carbocycles. The molecule has 1 aromatic rings. The molecule has 3 aliphatic rings. The third kappa shape index (κ3) is 3.85. The SMILES string of the molecule is O=C(Nc1ccc(N2CCCCC2)cc1)C1=C(O)C(C2CCOCC2)NC1=O. The van der Waals surface area contributed by atoms with Crippen LogP contribution >= 0.6 is 0 Å². The predicted octanol–water partition coefficient (Wildman–Crippen LogP) is 2.35. The number of amides is 2. The van der Waals surface area contributed by atoms with Crippen LogP contribution in [0.25, 0.3) is 0 Å². The first-order valence-corrected chi connectivity index (χ1v) is 10.1. The number of rotatable bonds is 4. The summed E-state index contributed by atoms with van der Waals surface area (Å²) >= 11 is 0. The van der Waals surface area contributed by atoms with Crippen LogP contribution in [0.1, 0.15) is 32.1 Å². The van der Waals surface area contributed by atoms with Gasteiger partial charge < -0.3 is 25.4 Å². The number of anilines is 2. The lowest BCUT2D eigenvalue weighted by Crippen LogP contribution is -2.38. The average Bonchev–Trinajstić information content (AvgIpc) is 3.04. The molecule has 3 heterocycles. The Labute approximate surface area is 164 Å². The van der Waals surface area contributed by atoms with Gasteiger partial charge in [0, 0.05) is 37.7 Å². The standard InChI is InChI=1S/C21H27N3O4/c25-19-17(21(27)23-18(19)14-8-12-28-13-9-14)20(26)22-15-4-6-16(7-5-15)24-10-2-1-3-11-24/h4-7,14,18,25H,1-3,8-13H2,(H,22,26)(H,23,27). The summed E-state index contributed by atoms with van der Waals surface area (Å²) in [5.74, 6) is -1.15. The van der Waals surface area contributed by atoms with Crippen molar-refractivity contribution in [2.45, 2.75) is 38.1 Å². The second kappa shape index (κ2) is 8.22. The van der Waals surface area contributed by atoms with Crippen LogP contribution in [0.3, 0.4) is 0 Å². The number of benzene rings is 1. The molecule has 0 saturated carbocycles. The van der Waals surface area contributed by atoms with Crippen molar-refractivity contribution in [3.8, 4) is 0 Å². The molecule has 1 atom stereocenters. The first-order chi connectivity index (χ1) is 13.6. The Morgan fingerprint density at radius 3 is 2.46 bits per heavy atom. The molecule has 7 heteroatoms. The summed E-state index contributed by atoms with van der Waals surface area (Å²) in [6.07, 6.45) is 5.19. The number of hydrogen-bond donors (Lipinski definition) is 3. The quantitative estimate of drug-likeness (QED) is 0.692. The third-order valence-electron chi connectivity index (χ3n) is 5.88. The van der Waals surface area contributed by atoms with Gasteiger partial charge in [0.05, 0.1) is 6.04 Å². The van der Waals surface area contributed by atoms with E-state index in [2.05, 4.69) is 15.5 Å². The maximum absolute atomic E-state index is 12.6. The zero-order valence-electron chi connectivity index (χ0n) is 15.9. The number of piperidine rings is 1. The summed E-state index contributed by atoms with van der Waals surface area (Å²) in [7, 11) is 0. The molecule has 28 heavy (non-hydrogen) atoms. The minimum atomic E-state index is -0.574. The molecule has 4 rings (SSSR count). The summed E-state index contributed by atoms with van der Waals surface area (Å²) < 4.78 is 5.33. The average molecular weight is 385 g/mol. The van der Waals surface area contributed by atoms with Crippen molar-refractivity contribution in [1.29, 1.82) is 0 Å². The molecule has 0 radical (unpaired) electrons. The molecule has 2 fully saturated rings. The van der Waals surface area contributed by atoms with Gasteiger partial charge in [-0.05, 0) is 62.3 Å². The van der Waals surface area contributed by atoms with E-state index in [0.29, 0.717) is 18.9 Å². The number of ether oxygens (including phenoxy) is 1. The van der Waals surface area contributed by atoms with Crippen LogP contribution in [0.2, 0.25) is 0 Å². The van der Waals surface area contributed by atoms with Crippen molar-refractivity contribution in [3.63, 3.8) is 0 Å². The monoisotopic (exact) mass is 385 g/mol. The van der Waals surface area contributed by atoms with Gasteiger partial charge in [0.1, 0.15) is 11.3 Å². The number of aliphatic hydroxyl groups is 1. The minimum absolute atomic E-state index is 0.0897. The van der Waals surface area contributed by atoms with Gasteiger partial charge in [0.2, 0.25) is 0 Å². The summed E-state index contributed by atoms with van der Waals surface area (Å²) in [5.41, 5.74) is 1.56. The molecule has 3 aliphatic heterocycles. The first-order valence-electron chi connectivity index (χ1n) is 10.1. The Morgan fingerprint density at radius 2 is 1.79 bits per heavy atom. The zero-order valence-corrected chi connectivity index (χ0v) is 15.9. The fourth-order valence-corrected chi connectivity index (χ4v) is 4.26. The third-order valence-corrected chi connectivity index (χ3v) is 5.88. The van der Waals surface area contributed by atoms with Crippen LogP contribution in [0.15, 0.2) is 35.6 Å². The highest BCUT2D eigenvalue weighted by Crippen LogP contribution is 2.29. The lowest BCUT2D eigenvalue weighted by Gasteiger charge is -2.28. The molecule has 2 amide bonds. The lowest BCUT2D eigenvalue weighted by atomic mass is 9.91. The number of carbonyl (C=O) groups is 2. The van der Waals surface area contributed by atoms with E-state index in [1.165, 1.54) is 19.3 Å². The van der Waals surface area contributed by atoms with Crippen LogP contribution in [0, 0.1) is 5.92 Å². The molecule has 3 N–H and O–H groups in total. The van der Waals surface area contributed by atoms with E-state index in [1.807, 2.05) is 24.3 Å². The fourth-order valence-electron chi connectivity index (χ4n) is 4.26. The van der Waals surface area contributed by atoms with E-state index in [0.717, 1.165) is 31.6 Å². The molecule has 2 saturated heterocycles. The van der Waals surface area contributed by atoms with Gasteiger partial charge in [-0.3, -0.25) is 9.59 Å². The Morgan fingerprint density at radius 1 is 1.11 bits per heavy atom. The van der Waals surface area contributed by atoms with E-state index in [1.54, 1.807) is 0 Å². The van der Waals surface area contributed by atoms with Crippen LogP contribution < -0.4 is 15.5 Å². The van der Waals surface area contributed by atoms with Crippen molar-refractivity contribution in [1.82, 2.24) is 5.32 Å². The summed E-state index contributed by atoms with van der Waals surface area (Å²) in [5, 5.41) is 16.0. The largest absolute Gasteiger partial charge is 0.509 e. The van der Waals surface area contributed by atoms with Crippen molar-refractivity contribution in [2.24, 2.45) is 5.92 Å². The van der Waals surface area contributed by atoms with Crippen molar-refractivity contribution in [3.05, 3.63) is 35.6 Å². The van der Waals surface area contributed by atoms with Gasteiger partial charge in [0.15, 0.2) is 0 Å². The Balaban J connectivity index is 1.43. The van der Waals surface area contributed by atoms with E-state index < -0.39 is 17.9 Å². The van der Waals surface area contributed by atoms with Crippen molar-refractivity contribution < 1.29 is 19.4 Å². The molecule has 7 nitrogen and oxygen atoms in total. The second-order valence-corrected chi connectivity index (χ2v) is 7.71. The molecule has 1 unspecified atom stereocenters. The first kappa shape index (κ1) is 18.8. The van der Waals surface area contributed by atoms with Crippen LogP contribution in [-0.4, -0.2) is 49.3 Å². The maximum Gasteiger partial charge on any atom is 0.264 e. The molecule has 0 bridgehead atoms. The molecular formula is C21H27N3O4. The lowest BCUT2D eigenvalue weighted by molar-refractivity contribution is -0.121. The number of carbonyl (C=O) groups excluding carboxylic acids is 2. The minimum Gasteiger partial charge on any atom is -0.509 e. The van der Waals surface area contributed by atoms with E-state index in [4.69, 9.17) is 4.74 Å². The molecule has 0 spiro atoms. The Hall–Kier alpha value is -2.54. The van der Waals surface area contributed by atoms with Crippen molar-refractivity contribution >= 4 is 23.2 Å². The van der Waals surface area contributed by atoms with Crippen molar-refractivity contribution in [2.75, 3.05) is 36.5 Å². The number of hydrogen-bond acceptors (Lipinski definition) is 5. The Kier molecular flexibility index (Phi) is 5.52. The second-order valence-electron chi connectivity index (χ2n) is 7.71. The number of nitrogens with zero attached hydrogens (tertiary/aromatic N) is 1. The van der Waals surface area contributed by atoms with Gasteiger partial charge >= 0.3 is 0 Å². The molecule has 0 aromatic heterocycles. The van der Waals surface area contributed by atoms with Gasteiger partial charge in [-0.1, -0.05) is 0 Å². The van der Waals surface area contributed by atoms with Crippen LogP contribution in [0.5, 0.6) is 0 Å². The van der Waals surface area contributed by atoms with Crippen LogP contribution in [-0.2, 0) is 14.3 Å². The fraction of sp³-hybridized carbons (Fsp3) is 0.524. The normalized spacial score (nSPS) is 23.6. The highest BCUT2D eigenvalue weighted by molar-refractivity contribution is 6.24. The Bertz CT molecular complexity index is 762. The smallest absolute Gasteiger partial charge is 0.264 e. The number of nitrogens with one attached hydrogen (secondary N) is 2. The maximum atomic E-state index is 12.6.